The van der Waals surface area contributed by atoms with Crippen molar-refractivity contribution in [3.63, 3.8) is 0 Å². The van der Waals surface area contributed by atoms with Crippen LogP contribution in [0.5, 0.6) is 5.88 Å². The second-order valence-electron chi connectivity index (χ2n) is 5.03. The molecule has 2 aromatic rings. The summed E-state index contributed by atoms with van der Waals surface area (Å²) in [6.07, 6.45) is 7.80. The molecule has 1 unspecified atom stereocenters. The largest absolute Gasteiger partial charge is 0.481 e. The number of hydrogen-bond donors (Lipinski definition) is 0. The third kappa shape index (κ3) is 2.45. The molecule has 0 radical (unpaired) electrons. The van der Waals surface area contributed by atoms with Gasteiger partial charge in [0.1, 0.15) is 18.0 Å². The molecule has 0 spiro atoms. The zero-order chi connectivity index (χ0) is 13.9. The minimum Gasteiger partial charge on any atom is -0.481 e. The van der Waals surface area contributed by atoms with Crippen molar-refractivity contribution >= 4 is 5.82 Å². The van der Waals surface area contributed by atoms with Crippen molar-refractivity contribution in [3.8, 4) is 5.88 Å². The maximum absolute atomic E-state index is 5.18. The van der Waals surface area contributed by atoms with Crippen LogP contribution in [0.3, 0.4) is 0 Å². The number of rotatable bonds is 4. The SMILES string of the molecule is COc1cc(N2CCCC2Cn2ccnc2C)ncn1. The van der Waals surface area contributed by atoms with Crippen LogP contribution >= 0.6 is 0 Å². The van der Waals surface area contributed by atoms with Gasteiger partial charge >= 0.3 is 0 Å². The maximum atomic E-state index is 5.18. The monoisotopic (exact) mass is 273 g/mol. The summed E-state index contributed by atoms with van der Waals surface area (Å²) in [5, 5.41) is 0. The standard InChI is InChI=1S/C14H19N5O/c1-11-15-5-7-18(11)9-12-4-3-6-19(12)13-8-14(20-2)17-10-16-13/h5,7-8,10,12H,3-4,6,9H2,1-2H3. The van der Waals surface area contributed by atoms with E-state index < -0.39 is 0 Å². The molecule has 1 saturated heterocycles. The Morgan fingerprint density at radius 2 is 2.25 bits per heavy atom. The van der Waals surface area contributed by atoms with E-state index in [4.69, 9.17) is 4.74 Å². The summed E-state index contributed by atoms with van der Waals surface area (Å²) in [6.45, 7) is 4.00. The molecule has 0 aliphatic carbocycles. The molecule has 3 rings (SSSR count). The lowest BCUT2D eigenvalue weighted by molar-refractivity contribution is 0.396. The van der Waals surface area contributed by atoms with Crippen LogP contribution < -0.4 is 9.64 Å². The van der Waals surface area contributed by atoms with Gasteiger partial charge in [-0.2, -0.15) is 0 Å². The fourth-order valence-electron chi connectivity index (χ4n) is 2.75. The van der Waals surface area contributed by atoms with Gasteiger partial charge in [-0.3, -0.25) is 0 Å². The molecule has 0 bridgehead atoms. The normalized spacial score (nSPS) is 18.5. The fraction of sp³-hybridized carbons (Fsp3) is 0.500. The number of anilines is 1. The molecule has 1 aliphatic rings. The van der Waals surface area contributed by atoms with Gasteiger partial charge in [0, 0.05) is 37.6 Å². The molecule has 2 aromatic heterocycles. The molecule has 0 N–H and O–H groups in total. The number of imidazole rings is 1. The molecule has 0 saturated carbocycles. The highest BCUT2D eigenvalue weighted by atomic mass is 16.5. The third-order valence-electron chi connectivity index (χ3n) is 3.84. The predicted octanol–water partition coefficient (Wildman–Crippen LogP) is 1.66. The highest BCUT2D eigenvalue weighted by molar-refractivity contribution is 5.43. The van der Waals surface area contributed by atoms with Crippen LogP contribution in [-0.4, -0.2) is 39.2 Å². The third-order valence-corrected chi connectivity index (χ3v) is 3.84. The molecule has 20 heavy (non-hydrogen) atoms. The van der Waals surface area contributed by atoms with Crippen LogP contribution in [0, 0.1) is 6.92 Å². The Morgan fingerprint density at radius 3 is 3.00 bits per heavy atom. The van der Waals surface area contributed by atoms with E-state index in [0.717, 1.165) is 24.7 Å². The Hall–Kier alpha value is -2.11. The number of aryl methyl sites for hydroxylation is 1. The summed E-state index contributed by atoms with van der Waals surface area (Å²) in [5.41, 5.74) is 0. The average Bonchev–Trinajstić information content (AvgIpc) is 3.09. The van der Waals surface area contributed by atoms with Gasteiger partial charge in [0.2, 0.25) is 5.88 Å². The van der Waals surface area contributed by atoms with E-state index in [-0.39, 0.29) is 0 Å². The van der Waals surface area contributed by atoms with Crippen molar-refractivity contribution in [1.82, 2.24) is 19.5 Å². The molecule has 0 amide bonds. The zero-order valence-electron chi connectivity index (χ0n) is 11.9. The van der Waals surface area contributed by atoms with Crippen LogP contribution in [0.15, 0.2) is 24.8 Å². The smallest absolute Gasteiger partial charge is 0.218 e. The molecule has 106 valence electrons. The molecule has 6 nitrogen and oxygen atoms in total. The highest BCUT2D eigenvalue weighted by Crippen LogP contribution is 2.26. The predicted molar refractivity (Wildman–Crippen MR) is 75.9 cm³/mol. The fourth-order valence-corrected chi connectivity index (χ4v) is 2.75. The minimum absolute atomic E-state index is 0.447. The van der Waals surface area contributed by atoms with E-state index in [1.165, 1.54) is 12.8 Å². The van der Waals surface area contributed by atoms with Gasteiger partial charge in [-0.1, -0.05) is 0 Å². The van der Waals surface area contributed by atoms with Gasteiger partial charge < -0.3 is 14.2 Å². The molecule has 0 aromatic carbocycles. The molecule has 1 atom stereocenters. The van der Waals surface area contributed by atoms with Crippen LogP contribution in [0.4, 0.5) is 5.82 Å². The summed E-state index contributed by atoms with van der Waals surface area (Å²) in [6, 6.07) is 2.35. The average molecular weight is 273 g/mol. The number of nitrogens with zero attached hydrogens (tertiary/aromatic N) is 5. The van der Waals surface area contributed by atoms with E-state index in [9.17, 15) is 0 Å². The molecule has 1 aliphatic heterocycles. The summed E-state index contributed by atoms with van der Waals surface area (Å²) >= 11 is 0. The molecular formula is C14H19N5O. The van der Waals surface area contributed by atoms with Gasteiger partial charge in [0.15, 0.2) is 0 Å². The summed E-state index contributed by atoms with van der Waals surface area (Å²) in [4.78, 5) is 15.1. The van der Waals surface area contributed by atoms with Gasteiger partial charge in [-0.25, -0.2) is 15.0 Å². The van der Waals surface area contributed by atoms with Crippen LogP contribution in [0.25, 0.3) is 0 Å². The van der Waals surface area contributed by atoms with Gasteiger partial charge in [0.25, 0.3) is 0 Å². The van der Waals surface area contributed by atoms with Crippen molar-refractivity contribution in [2.24, 2.45) is 0 Å². The zero-order valence-corrected chi connectivity index (χ0v) is 11.9. The molecule has 1 fully saturated rings. The van der Waals surface area contributed by atoms with E-state index in [0.29, 0.717) is 11.9 Å². The summed E-state index contributed by atoms with van der Waals surface area (Å²) in [7, 11) is 1.63. The summed E-state index contributed by atoms with van der Waals surface area (Å²) < 4.78 is 7.38. The van der Waals surface area contributed by atoms with Crippen molar-refractivity contribution in [2.75, 3.05) is 18.6 Å². The van der Waals surface area contributed by atoms with Gasteiger partial charge in [0.05, 0.1) is 7.11 Å². The first-order valence-corrected chi connectivity index (χ1v) is 6.88. The lowest BCUT2D eigenvalue weighted by atomic mass is 10.2. The first-order chi connectivity index (χ1) is 9.78. The van der Waals surface area contributed by atoms with Crippen LogP contribution in [0.1, 0.15) is 18.7 Å². The second-order valence-corrected chi connectivity index (χ2v) is 5.03. The lowest BCUT2D eigenvalue weighted by Gasteiger charge is -2.26. The Morgan fingerprint density at radius 1 is 1.35 bits per heavy atom. The highest BCUT2D eigenvalue weighted by Gasteiger charge is 2.26. The number of methoxy groups -OCH3 is 1. The van der Waals surface area contributed by atoms with E-state index in [1.807, 2.05) is 25.4 Å². The van der Waals surface area contributed by atoms with Crippen LogP contribution in [0.2, 0.25) is 0 Å². The van der Waals surface area contributed by atoms with E-state index in [2.05, 4.69) is 24.4 Å². The van der Waals surface area contributed by atoms with Crippen molar-refractivity contribution in [1.29, 1.82) is 0 Å². The number of ether oxygens (including phenoxy) is 1. The Balaban J connectivity index is 1.79. The van der Waals surface area contributed by atoms with Crippen molar-refractivity contribution < 1.29 is 4.74 Å². The van der Waals surface area contributed by atoms with Crippen LogP contribution in [-0.2, 0) is 6.54 Å². The number of aromatic nitrogens is 4. The van der Waals surface area contributed by atoms with Gasteiger partial charge in [-0.05, 0) is 19.8 Å². The van der Waals surface area contributed by atoms with Crippen molar-refractivity contribution in [3.05, 3.63) is 30.6 Å². The minimum atomic E-state index is 0.447. The summed E-state index contributed by atoms with van der Waals surface area (Å²) in [5.74, 6) is 2.61. The molecular weight excluding hydrogens is 254 g/mol. The Labute approximate surface area is 118 Å². The first-order valence-electron chi connectivity index (χ1n) is 6.88. The number of hydrogen-bond acceptors (Lipinski definition) is 5. The van der Waals surface area contributed by atoms with Gasteiger partial charge in [-0.15, -0.1) is 0 Å². The lowest BCUT2D eigenvalue weighted by Crippen LogP contribution is -2.33. The Bertz CT molecular complexity index is 582. The van der Waals surface area contributed by atoms with Crippen molar-refractivity contribution in [2.45, 2.75) is 32.4 Å². The Kier molecular flexibility index (Phi) is 3.54. The maximum Gasteiger partial charge on any atom is 0.218 e. The second kappa shape index (κ2) is 5.48. The first kappa shape index (κ1) is 12.9. The van der Waals surface area contributed by atoms with E-state index in [1.54, 1.807) is 13.4 Å². The van der Waals surface area contributed by atoms with E-state index >= 15 is 0 Å². The quantitative estimate of drug-likeness (QED) is 0.848. The topological polar surface area (TPSA) is 56.1 Å². The molecule has 3 heterocycles. The molecule has 6 heteroatoms.